The molecule has 0 spiro atoms. The smallest absolute Gasteiger partial charge is 0.308 e. The lowest BCUT2D eigenvalue weighted by Gasteiger charge is -2.40. The number of aliphatic hydroxyl groups excluding tert-OH is 2. The van der Waals surface area contributed by atoms with Crippen molar-refractivity contribution in [1.29, 1.82) is 0 Å². The molecule has 148 valence electrons. The molecule has 10 nitrogen and oxygen atoms in total. The summed E-state index contributed by atoms with van der Waals surface area (Å²) in [6.45, 7) is 2.24. The van der Waals surface area contributed by atoms with Gasteiger partial charge in [0.15, 0.2) is 11.5 Å². The Balaban J connectivity index is 1.92. The lowest BCUT2D eigenvalue weighted by atomic mass is 9.79. The van der Waals surface area contributed by atoms with Crippen molar-refractivity contribution in [2.45, 2.75) is 38.2 Å². The molecule has 4 rings (SSSR count). The Morgan fingerprint density at radius 2 is 1.93 bits per heavy atom. The standard InChI is InChI=1S/C18H17NO9/c1-6(20)27-10-4-9-8-3-11-16(26-5-25-11)17(28-7(2)21)12(8)18(24)19-13(9)15(23)14(10)22/h3-4,10,13-15,22-23H,5H2,1-2H3,(H,19,24)/t10-,13+,14+,15-/m0/s1. The molecule has 1 aromatic carbocycles. The molecule has 3 N–H and O–H groups in total. The van der Waals surface area contributed by atoms with Gasteiger partial charge in [-0.1, -0.05) is 0 Å². The minimum atomic E-state index is -1.43. The molecule has 10 heteroatoms. The Hall–Kier alpha value is -3.11. The summed E-state index contributed by atoms with van der Waals surface area (Å²) in [5.41, 5.74) is 0.731. The van der Waals surface area contributed by atoms with E-state index in [0.29, 0.717) is 11.1 Å². The molecule has 0 fully saturated rings. The van der Waals surface area contributed by atoms with Gasteiger partial charge in [-0.15, -0.1) is 0 Å². The van der Waals surface area contributed by atoms with Crippen molar-refractivity contribution in [3.63, 3.8) is 0 Å². The second kappa shape index (κ2) is 6.50. The van der Waals surface area contributed by atoms with E-state index in [4.69, 9.17) is 18.9 Å². The summed E-state index contributed by atoms with van der Waals surface area (Å²) < 4.78 is 21.0. The quantitative estimate of drug-likeness (QED) is 0.449. The molecule has 1 amide bonds. The number of amides is 1. The number of ether oxygens (including phenoxy) is 4. The molecule has 0 aromatic heterocycles. The predicted molar refractivity (Wildman–Crippen MR) is 90.7 cm³/mol. The number of hydrogen-bond donors (Lipinski definition) is 3. The summed E-state index contributed by atoms with van der Waals surface area (Å²) in [6.07, 6.45) is -2.53. The van der Waals surface area contributed by atoms with Crippen LogP contribution in [0.2, 0.25) is 0 Å². The molecule has 28 heavy (non-hydrogen) atoms. The third-order valence-corrected chi connectivity index (χ3v) is 4.70. The van der Waals surface area contributed by atoms with Crippen LogP contribution in [0.5, 0.6) is 17.2 Å². The van der Waals surface area contributed by atoms with Crippen LogP contribution in [0.25, 0.3) is 5.57 Å². The number of rotatable bonds is 2. The lowest BCUT2D eigenvalue weighted by Crippen LogP contribution is -2.57. The third kappa shape index (κ3) is 2.77. The molecular formula is C18H17NO9. The number of carbonyl (C=O) groups excluding carboxylic acids is 3. The topological polar surface area (TPSA) is 141 Å². The van der Waals surface area contributed by atoms with Gasteiger partial charge in [0.1, 0.15) is 18.3 Å². The first-order chi connectivity index (χ1) is 13.3. The van der Waals surface area contributed by atoms with E-state index in [1.807, 2.05) is 0 Å². The zero-order valence-electron chi connectivity index (χ0n) is 14.9. The lowest BCUT2D eigenvalue weighted by molar-refractivity contribution is -0.153. The van der Waals surface area contributed by atoms with Crippen LogP contribution in [0.3, 0.4) is 0 Å². The molecule has 2 aliphatic heterocycles. The summed E-state index contributed by atoms with van der Waals surface area (Å²) in [4.78, 5) is 35.7. The van der Waals surface area contributed by atoms with Crippen molar-refractivity contribution in [2.75, 3.05) is 6.79 Å². The average Bonchev–Trinajstić information content (AvgIpc) is 3.08. The van der Waals surface area contributed by atoms with E-state index in [1.54, 1.807) is 0 Å². The molecule has 4 atom stereocenters. The fourth-order valence-electron chi connectivity index (χ4n) is 3.59. The SMILES string of the molecule is CC(=O)Oc1c2c(cc3c1C(=O)N[C@@H]1C3=C[C@H](OC(C)=O)[C@@H](O)[C@H]1O)OCO2. The van der Waals surface area contributed by atoms with E-state index in [2.05, 4.69) is 5.32 Å². The van der Waals surface area contributed by atoms with Crippen LogP contribution in [-0.4, -0.2) is 59.2 Å². The molecule has 3 aliphatic rings. The number of esters is 2. The number of carbonyl (C=O) groups is 3. The molecule has 0 radical (unpaired) electrons. The third-order valence-electron chi connectivity index (χ3n) is 4.70. The maximum absolute atomic E-state index is 12.7. The van der Waals surface area contributed by atoms with Crippen molar-refractivity contribution >= 4 is 23.4 Å². The summed E-state index contributed by atoms with van der Waals surface area (Å²) in [5.74, 6) is -1.64. The highest BCUT2D eigenvalue weighted by atomic mass is 16.7. The fraction of sp³-hybridized carbons (Fsp3) is 0.389. The van der Waals surface area contributed by atoms with Gasteiger partial charge in [0, 0.05) is 19.4 Å². The van der Waals surface area contributed by atoms with Crippen LogP contribution >= 0.6 is 0 Å². The van der Waals surface area contributed by atoms with E-state index in [0.717, 1.165) is 0 Å². The Bertz CT molecular complexity index is 922. The molecule has 2 heterocycles. The number of hydrogen-bond acceptors (Lipinski definition) is 9. The van der Waals surface area contributed by atoms with Crippen molar-refractivity contribution in [1.82, 2.24) is 5.32 Å². The van der Waals surface area contributed by atoms with Gasteiger partial charge in [0.25, 0.3) is 5.91 Å². The normalized spacial score (nSPS) is 27.1. The Morgan fingerprint density at radius 3 is 2.61 bits per heavy atom. The van der Waals surface area contributed by atoms with Crippen molar-refractivity contribution in [3.05, 3.63) is 23.3 Å². The van der Waals surface area contributed by atoms with Crippen molar-refractivity contribution < 1.29 is 43.5 Å². The summed E-state index contributed by atoms with van der Waals surface area (Å²) in [6, 6.07) is 0.574. The number of nitrogens with one attached hydrogen (secondary N) is 1. The minimum absolute atomic E-state index is 0.0205. The Labute approximate surface area is 158 Å². The van der Waals surface area contributed by atoms with Gasteiger partial charge in [-0.2, -0.15) is 0 Å². The highest BCUT2D eigenvalue weighted by molar-refractivity contribution is 6.08. The Morgan fingerprint density at radius 1 is 1.18 bits per heavy atom. The van der Waals surface area contributed by atoms with Crippen LogP contribution in [-0.2, 0) is 14.3 Å². The largest absolute Gasteiger partial charge is 0.455 e. The first-order valence-electron chi connectivity index (χ1n) is 8.49. The highest BCUT2D eigenvalue weighted by Crippen LogP contribution is 2.49. The Kier molecular flexibility index (Phi) is 4.24. The van der Waals surface area contributed by atoms with E-state index in [1.165, 1.54) is 26.0 Å². The highest BCUT2D eigenvalue weighted by Gasteiger charge is 2.46. The van der Waals surface area contributed by atoms with Gasteiger partial charge >= 0.3 is 11.9 Å². The van der Waals surface area contributed by atoms with Gasteiger partial charge in [-0.05, 0) is 17.7 Å². The van der Waals surface area contributed by atoms with Gasteiger partial charge in [-0.25, -0.2) is 0 Å². The first-order valence-corrected chi connectivity index (χ1v) is 8.49. The first kappa shape index (κ1) is 18.3. The molecule has 0 bridgehead atoms. The van der Waals surface area contributed by atoms with E-state index < -0.39 is 42.2 Å². The molecule has 0 saturated carbocycles. The second-order valence-corrected chi connectivity index (χ2v) is 6.58. The van der Waals surface area contributed by atoms with Crippen LogP contribution in [0, 0.1) is 0 Å². The summed E-state index contributed by atoms with van der Waals surface area (Å²) in [5, 5.41) is 23.3. The number of fused-ring (bicyclic) bond motifs is 4. The van der Waals surface area contributed by atoms with Gasteiger partial charge in [0.2, 0.25) is 12.5 Å². The van der Waals surface area contributed by atoms with Crippen LogP contribution in [0.15, 0.2) is 12.1 Å². The molecule has 0 saturated heterocycles. The monoisotopic (exact) mass is 391 g/mol. The van der Waals surface area contributed by atoms with Crippen LogP contribution in [0.4, 0.5) is 0 Å². The second-order valence-electron chi connectivity index (χ2n) is 6.58. The number of benzene rings is 1. The zero-order valence-corrected chi connectivity index (χ0v) is 14.9. The average molecular weight is 391 g/mol. The molecule has 1 aromatic rings. The molecule has 1 aliphatic carbocycles. The maximum Gasteiger partial charge on any atom is 0.308 e. The predicted octanol–water partition coefficient (Wildman–Crippen LogP) is -0.497. The van der Waals surface area contributed by atoms with E-state index in [-0.39, 0.29) is 29.6 Å². The maximum atomic E-state index is 12.7. The van der Waals surface area contributed by atoms with Crippen molar-refractivity contribution in [2.24, 2.45) is 0 Å². The minimum Gasteiger partial charge on any atom is -0.455 e. The summed E-state index contributed by atoms with van der Waals surface area (Å²) >= 11 is 0. The van der Waals surface area contributed by atoms with Gasteiger partial charge in [-0.3, -0.25) is 14.4 Å². The van der Waals surface area contributed by atoms with E-state index in [9.17, 15) is 24.6 Å². The van der Waals surface area contributed by atoms with E-state index >= 15 is 0 Å². The van der Waals surface area contributed by atoms with Gasteiger partial charge in [0.05, 0.1) is 11.6 Å². The molecular weight excluding hydrogens is 374 g/mol. The fourth-order valence-corrected chi connectivity index (χ4v) is 3.59. The molecule has 0 unspecified atom stereocenters. The van der Waals surface area contributed by atoms with Gasteiger partial charge < -0.3 is 34.5 Å². The zero-order chi connectivity index (χ0) is 20.2. The van der Waals surface area contributed by atoms with Crippen LogP contribution in [0.1, 0.15) is 29.8 Å². The van der Waals surface area contributed by atoms with Crippen LogP contribution < -0.4 is 19.5 Å². The van der Waals surface area contributed by atoms with Crippen molar-refractivity contribution in [3.8, 4) is 17.2 Å². The number of aliphatic hydroxyl groups is 2. The summed E-state index contributed by atoms with van der Waals surface area (Å²) in [7, 11) is 0.